The highest BCUT2D eigenvalue weighted by Gasteiger charge is 2.11. The quantitative estimate of drug-likeness (QED) is 0.779. The van der Waals surface area contributed by atoms with Crippen molar-refractivity contribution in [2.45, 2.75) is 19.8 Å². The lowest BCUT2D eigenvalue weighted by Gasteiger charge is -2.08. The van der Waals surface area contributed by atoms with E-state index in [-0.39, 0.29) is 30.5 Å². The number of aliphatic hydroxyl groups is 1. The molecule has 0 amide bonds. The van der Waals surface area contributed by atoms with Crippen molar-refractivity contribution in [2.24, 2.45) is 0 Å². The standard InChI is InChI=1S/C15H19FO4S/c1-2-10-21(18,19)11-9-20-15-12-13(5-3-4-8-17)6-7-14(15)16/h6-7,12,17H,2,4,8-11H2,1H3. The van der Waals surface area contributed by atoms with Crippen LogP contribution in [0.25, 0.3) is 0 Å². The first kappa shape index (κ1) is 17.5. The fourth-order valence-electron chi connectivity index (χ4n) is 1.60. The SMILES string of the molecule is CCCS(=O)(=O)CCOc1cc(C#CCCO)ccc1F. The van der Waals surface area contributed by atoms with Gasteiger partial charge in [-0.25, -0.2) is 12.8 Å². The Kier molecular flexibility index (Phi) is 7.20. The Labute approximate surface area is 124 Å². The molecule has 1 aromatic rings. The summed E-state index contributed by atoms with van der Waals surface area (Å²) in [6, 6.07) is 4.14. The molecule has 0 bridgehead atoms. The Bertz CT molecular complexity index is 614. The number of aliphatic hydroxyl groups excluding tert-OH is 1. The number of ether oxygens (including phenoxy) is 1. The molecule has 0 fully saturated rings. The van der Waals surface area contributed by atoms with E-state index in [1.807, 2.05) is 0 Å². The number of hydrogen-bond acceptors (Lipinski definition) is 4. The van der Waals surface area contributed by atoms with E-state index in [1.54, 1.807) is 6.92 Å². The van der Waals surface area contributed by atoms with Crippen molar-refractivity contribution >= 4 is 9.84 Å². The van der Waals surface area contributed by atoms with Gasteiger partial charge < -0.3 is 9.84 Å². The topological polar surface area (TPSA) is 63.6 Å². The van der Waals surface area contributed by atoms with Crippen molar-refractivity contribution in [1.82, 2.24) is 0 Å². The Morgan fingerprint density at radius 2 is 2.10 bits per heavy atom. The summed E-state index contributed by atoms with van der Waals surface area (Å²) >= 11 is 0. The van der Waals surface area contributed by atoms with Crippen LogP contribution in [-0.4, -0.2) is 38.2 Å². The molecule has 1 aromatic carbocycles. The smallest absolute Gasteiger partial charge is 0.165 e. The maximum atomic E-state index is 13.6. The molecule has 0 atom stereocenters. The van der Waals surface area contributed by atoms with Gasteiger partial charge in [-0.2, -0.15) is 0 Å². The largest absolute Gasteiger partial charge is 0.489 e. The minimum Gasteiger partial charge on any atom is -0.489 e. The van der Waals surface area contributed by atoms with Crippen LogP contribution in [0.1, 0.15) is 25.3 Å². The molecule has 1 rings (SSSR count). The molecule has 116 valence electrons. The molecule has 0 heterocycles. The molecule has 0 saturated heterocycles. The molecule has 0 aliphatic heterocycles. The van der Waals surface area contributed by atoms with Crippen LogP contribution in [0.3, 0.4) is 0 Å². The summed E-state index contributed by atoms with van der Waals surface area (Å²) in [4.78, 5) is 0. The Morgan fingerprint density at radius 3 is 2.76 bits per heavy atom. The maximum absolute atomic E-state index is 13.6. The van der Waals surface area contributed by atoms with Crippen LogP contribution in [0.15, 0.2) is 18.2 Å². The van der Waals surface area contributed by atoms with E-state index < -0.39 is 15.7 Å². The lowest BCUT2D eigenvalue weighted by molar-refractivity contribution is 0.305. The van der Waals surface area contributed by atoms with E-state index in [4.69, 9.17) is 9.84 Å². The van der Waals surface area contributed by atoms with Crippen molar-refractivity contribution < 1.29 is 22.7 Å². The molecule has 0 unspecified atom stereocenters. The fraction of sp³-hybridized carbons (Fsp3) is 0.467. The summed E-state index contributed by atoms with van der Waals surface area (Å²) in [7, 11) is -3.15. The molecular formula is C15H19FO4S. The lowest BCUT2D eigenvalue weighted by Crippen LogP contribution is -2.17. The molecule has 6 heteroatoms. The highest BCUT2D eigenvalue weighted by Crippen LogP contribution is 2.18. The number of halogens is 1. The molecule has 4 nitrogen and oxygen atoms in total. The van der Waals surface area contributed by atoms with E-state index in [2.05, 4.69) is 11.8 Å². The van der Waals surface area contributed by atoms with Crippen molar-refractivity contribution in [1.29, 1.82) is 0 Å². The Hall–Kier alpha value is -1.58. The van der Waals surface area contributed by atoms with Gasteiger partial charge in [0.25, 0.3) is 0 Å². The van der Waals surface area contributed by atoms with Crippen LogP contribution < -0.4 is 4.74 Å². The predicted octanol–water partition coefficient (Wildman–Crippen LogP) is 1.76. The number of hydrogen-bond donors (Lipinski definition) is 1. The van der Waals surface area contributed by atoms with Crippen molar-refractivity contribution in [3.05, 3.63) is 29.6 Å². The van der Waals surface area contributed by atoms with Crippen LogP contribution >= 0.6 is 0 Å². The predicted molar refractivity (Wildman–Crippen MR) is 79.4 cm³/mol. The third-order valence-electron chi connectivity index (χ3n) is 2.57. The molecule has 0 aliphatic rings. The van der Waals surface area contributed by atoms with Gasteiger partial charge in [-0.05, 0) is 24.6 Å². The summed E-state index contributed by atoms with van der Waals surface area (Å²) in [5, 5.41) is 8.63. The van der Waals surface area contributed by atoms with Gasteiger partial charge in [-0.1, -0.05) is 18.8 Å². The average Bonchev–Trinajstić information content (AvgIpc) is 2.42. The summed E-state index contributed by atoms with van der Waals surface area (Å²) in [6.07, 6.45) is 0.884. The van der Waals surface area contributed by atoms with Gasteiger partial charge in [0.1, 0.15) is 6.61 Å². The maximum Gasteiger partial charge on any atom is 0.165 e. The Morgan fingerprint density at radius 1 is 1.33 bits per heavy atom. The van der Waals surface area contributed by atoms with Crippen LogP contribution in [-0.2, 0) is 9.84 Å². The number of sulfone groups is 1. The van der Waals surface area contributed by atoms with Gasteiger partial charge in [-0.15, -0.1) is 0 Å². The second kappa shape index (κ2) is 8.65. The average molecular weight is 314 g/mol. The zero-order chi connectivity index (χ0) is 15.7. The van der Waals surface area contributed by atoms with Crippen LogP contribution in [0.2, 0.25) is 0 Å². The van der Waals surface area contributed by atoms with Gasteiger partial charge in [0.2, 0.25) is 0 Å². The molecule has 0 aliphatic carbocycles. The normalized spacial score (nSPS) is 10.8. The van der Waals surface area contributed by atoms with Gasteiger partial charge in [0.05, 0.1) is 18.1 Å². The second-order valence-corrected chi connectivity index (χ2v) is 6.72. The first-order valence-corrected chi connectivity index (χ1v) is 8.53. The first-order chi connectivity index (χ1) is 9.98. The number of benzene rings is 1. The minimum absolute atomic E-state index is 0.0162. The zero-order valence-electron chi connectivity index (χ0n) is 11.9. The van der Waals surface area contributed by atoms with E-state index in [0.717, 1.165) is 0 Å². The molecule has 0 saturated carbocycles. The summed E-state index contributed by atoms with van der Waals surface area (Å²) in [6.45, 7) is 1.66. The van der Waals surface area contributed by atoms with Gasteiger partial charge in [-0.3, -0.25) is 0 Å². The molecule has 0 spiro atoms. The van der Waals surface area contributed by atoms with E-state index >= 15 is 0 Å². The van der Waals surface area contributed by atoms with Gasteiger partial charge >= 0.3 is 0 Å². The van der Waals surface area contributed by atoms with Gasteiger partial charge in [0, 0.05) is 12.0 Å². The highest BCUT2D eigenvalue weighted by atomic mass is 32.2. The van der Waals surface area contributed by atoms with E-state index in [9.17, 15) is 12.8 Å². The van der Waals surface area contributed by atoms with E-state index in [0.29, 0.717) is 18.4 Å². The minimum atomic E-state index is -3.15. The molecule has 0 aromatic heterocycles. The first-order valence-electron chi connectivity index (χ1n) is 6.71. The van der Waals surface area contributed by atoms with Crippen LogP contribution in [0.5, 0.6) is 5.75 Å². The van der Waals surface area contributed by atoms with Crippen molar-refractivity contribution in [3.63, 3.8) is 0 Å². The van der Waals surface area contributed by atoms with Crippen molar-refractivity contribution in [3.8, 4) is 17.6 Å². The lowest BCUT2D eigenvalue weighted by atomic mass is 10.2. The van der Waals surface area contributed by atoms with Gasteiger partial charge in [0.15, 0.2) is 21.4 Å². The molecular weight excluding hydrogens is 295 g/mol. The summed E-state index contributed by atoms with van der Waals surface area (Å²) < 4.78 is 41.8. The van der Waals surface area contributed by atoms with E-state index in [1.165, 1.54) is 18.2 Å². The van der Waals surface area contributed by atoms with Crippen LogP contribution in [0.4, 0.5) is 4.39 Å². The third-order valence-corrected chi connectivity index (χ3v) is 4.39. The molecule has 21 heavy (non-hydrogen) atoms. The van der Waals surface area contributed by atoms with Crippen molar-refractivity contribution in [2.75, 3.05) is 24.7 Å². The Balaban J connectivity index is 2.67. The van der Waals surface area contributed by atoms with Crippen LogP contribution in [0, 0.1) is 17.7 Å². The summed E-state index contributed by atoms with van der Waals surface area (Å²) in [5.41, 5.74) is 0.552. The zero-order valence-corrected chi connectivity index (χ0v) is 12.7. The highest BCUT2D eigenvalue weighted by molar-refractivity contribution is 7.91. The monoisotopic (exact) mass is 314 g/mol. The third kappa shape index (κ3) is 6.61. The molecule has 0 radical (unpaired) electrons. The number of rotatable bonds is 7. The fourth-order valence-corrected chi connectivity index (χ4v) is 2.77. The molecule has 1 N–H and O–H groups in total. The summed E-state index contributed by atoms with van der Waals surface area (Å²) in [5.74, 6) is 4.88. The second-order valence-electron chi connectivity index (χ2n) is 4.42.